The molecule has 1 aromatic carbocycles. The Bertz CT molecular complexity index is 453. The second-order valence-electron chi connectivity index (χ2n) is 5.67. The fourth-order valence-corrected chi connectivity index (χ4v) is 3.35. The van der Waals surface area contributed by atoms with E-state index in [-0.39, 0.29) is 12.5 Å². The molecule has 1 aromatic rings. The van der Waals surface area contributed by atoms with Crippen LogP contribution in [0.3, 0.4) is 0 Å². The predicted octanol–water partition coefficient (Wildman–Crippen LogP) is 3.22. The van der Waals surface area contributed by atoms with E-state index in [0.29, 0.717) is 0 Å². The van der Waals surface area contributed by atoms with Gasteiger partial charge in [-0.3, -0.25) is 9.69 Å². The summed E-state index contributed by atoms with van der Waals surface area (Å²) in [5.74, 6) is -0.712. The van der Waals surface area contributed by atoms with Crippen LogP contribution in [-0.4, -0.2) is 29.1 Å². The number of aliphatic carboxylic acids is 1. The third kappa shape index (κ3) is 3.16. The van der Waals surface area contributed by atoms with E-state index < -0.39 is 5.97 Å². The fourth-order valence-electron chi connectivity index (χ4n) is 3.35. The van der Waals surface area contributed by atoms with Crippen molar-refractivity contribution in [3.63, 3.8) is 0 Å². The van der Waals surface area contributed by atoms with Gasteiger partial charge in [0.05, 0.1) is 6.42 Å². The second kappa shape index (κ2) is 5.74. The van der Waals surface area contributed by atoms with Crippen molar-refractivity contribution in [2.24, 2.45) is 0 Å². The number of carboxylic acids is 1. The molecule has 0 aliphatic carbocycles. The second-order valence-corrected chi connectivity index (χ2v) is 5.67. The van der Waals surface area contributed by atoms with E-state index >= 15 is 0 Å². The highest BCUT2D eigenvalue weighted by atomic mass is 16.4. The zero-order valence-corrected chi connectivity index (χ0v) is 12.1. The lowest BCUT2D eigenvalue weighted by Gasteiger charge is -2.29. The van der Waals surface area contributed by atoms with Crippen molar-refractivity contribution < 1.29 is 9.90 Å². The molecule has 0 bridgehead atoms. The molecule has 1 N–H and O–H groups in total. The van der Waals surface area contributed by atoms with Crippen molar-refractivity contribution in [2.45, 2.75) is 46.1 Å². The summed E-state index contributed by atoms with van der Waals surface area (Å²) in [4.78, 5) is 13.5. The van der Waals surface area contributed by atoms with Crippen molar-refractivity contribution in [1.82, 2.24) is 4.90 Å². The molecule has 19 heavy (non-hydrogen) atoms. The molecule has 1 atom stereocenters. The maximum atomic E-state index is 11.2. The number of aryl methyl sites for hydroxylation is 3. The maximum absolute atomic E-state index is 11.2. The molecule has 3 heteroatoms. The molecule has 0 amide bonds. The lowest BCUT2D eigenvalue weighted by molar-refractivity contribution is -0.138. The quantitative estimate of drug-likeness (QED) is 0.904. The standard InChI is InChI=1S/C16H23NO2/c1-11-8-12(2)16(13(3)9-11)14(10-15(18)19)17-6-4-5-7-17/h8-9,14H,4-7,10H2,1-3H3,(H,18,19). The van der Waals surface area contributed by atoms with Gasteiger partial charge in [0.25, 0.3) is 0 Å². The van der Waals surface area contributed by atoms with Gasteiger partial charge in [-0.1, -0.05) is 17.7 Å². The van der Waals surface area contributed by atoms with Crippen LogP contribution in [0.4, 0.5) is 0 Å². The van der Waals surface area contributed by atoms with Gasteiger partial charge in [-0.05, 0) is 63.4 Å². The number of carbonyl (C=O) groups is 1. The number of hydrogen-bond donors (Lipinski definition) is 1. The van der Waals surface area contributed by atoms with E-state index in [2.05, 4.69) is 37.8 Å². The number of benzene rings is 1. The Hall–Kier alpha value is -1.35. The van der Waals surface area contributed by atoms with Gasteiger partial charge in [0.15, 0.2) is 0 Å². The predicted molar refractivity (Wildman–Crippen MR) is 76.5 cm³/mol. The molecular weight excluding hydrogens is 238 g/mol. The number of likely N-dealkylation sites (tertiary alicyclic amines) is 1. The largest absolute Gasteiger partial charge is 0.481 e. The normalized spacial score (nSPS) is 17.6. The van der Waals surface area contributed by atoms with E-state index in [4.69, 9.17) is 0 Å². The summed E-state index contributed by atoms with van der Waals surface area (Å²) in [5, 5.41) is 9.22. The van der Waals surface area contributed by atoms with E-state index in [9.17, 15) is 9.90 Å². The third-order valence-corrected chi connectivity index (χ3v) is 4.02. The third-order valence-electron chi connectivity index (χ3n) is 4.02. The average Bonchev–Trinajstić information content (AvgIpc) is 2.78. The summed E-state index contributed by atoms with van der Waals surface area (Å²) in [6.45, 7) is 8.32. The monoisotopic (exact) mass is 261 g/mol. The average molecular weight is 261 g/mol. The molecule has 0 spiro atoms. The van der Waals surface area contributed by atoms with Crippen molar-refractivity contribution in [3.8, 4) is 0 Å². The zero-order chi connectivity index (χ0) is 14.0. The molecule has 0 aromatic heterocycles. The molecule has 2 rings (SSSR count). The van der Waals surface area contributed by atoms with Crippen LogP contribution < -0.4 is 0 Å². The van der Waals surface area contributed by atoms with Crippen LogP contribution in [0.15, 0.2) is 12.1 Å². The van der Waals surface area contributed by atoms with Crippen LogP contribution in [0.2, 0.25) is 0 Å². The van der Waals surface area contributed by atoms with Crippen molar-refractivity contribution in [2.75, 3.05) is 13.1 Å². The highest BCUT2D eigenvalue weighted by Gasteiger charge is 2.27. The minimum Gasteiger partial charge on any atom is -0.481 e. The first kappa shape index (κ1) is 14.1. The molecule has 1 heterocycles. The number of nitrogens with zero attached hydrogens (tertiary/aromatic N) is 1. The van der Waals surface area contributed by atoms with Gasteiger partial charge < -0.3 is 5.11 Å². The van der Waals surface area contributed by atoms with Crippen LogP contribution in [0.5, 0.6) is 0 Å². The van der Waals surface area contributed by atoms with E-state index in [1.165, 1.54) is 35.1 Å². The zero-order valence-electron chi connectivity index (χ0n) is 12.1. The Morgan fingerprint density at radius 1 is 1.21 bits per heavy atom. The van der Waals surface area contributed by atoms with Crippen molar-refractivity contribution in [3.05, 3.63) is 34.4 Å². The van der Waals surface area contributed by atoms with Gasteiger partial charge in [-0.15, -0.1) is 0 Å². The molecule has 0 saturated carbocycles. The van der Waals surface area contributed by atoms with E-state index in [1.54, 1.807) is 0 Å². The summed E-state index contributed by atoms with van der Waals surface area (Å²) >= 11 is 0. The highest BCUT2D eigenvalue weighted by Crippen LogP contribution is 2.33. The highest BCUT2D eigenvalue weighted by molar-refractivity contribution is 5.68. The molecule has 0 radical (unpaired) electrons. The number of carboxylic acid groups (broad SMARTS) is 1. The Balaban J connectivity index is 2.39. The molecule has 1 saturated heterocycles. The van der Waals surface area contributed by atoms with Crippen LogP contribution in [0.25, 0.3) is 0 Å². The van der Waals surface area contributed by atoms with Gasteiger partial charge in [0.1, 0.15) is 0 Å². The van der Waals surface area contributed by atoms with Crippen LogP contribution >= 0.6 is 0 Å². The van der Waals surface area contributed by atoms with Crippen molar-refractivity contribution >= 4 is 5.97 Å². The minimum atomic E-state index is -0.712. The smallest absolute Gasteiger partial charge is 0.305 e. The summed E-state index contributed by atoms with van der Waals surface area (Å²) < 4.78 is 0. The van der Waals surface area contributed by atoms with Crippen molar-refractivity contribution in [1.29, 1.82) is 0 Å². The van der Waals surface area contributed by atoms with Gasteiger partial charge >= 0.3 is 5.97 Å². The maximum Gasteiger partial charge on any atom is 0.305 e. The van der Waals surface area contributed by atoms with Crippen LogP contribution in [0, 0.1) is 20.8 Å². The molecular formula is C16H23NO2. The minimum absolute atomic E-state index is 0.0283. The summed E-state index contributed by atoms with van der Waals surface area (Å²) in [7, 11) is 0. The van der Waals surface area contributed by atoms with Crippen LogP contribution in [0.1, 0.15) is 47.6 Å². The Labute approximate surface area is 115 Å². The summed E-state index contributed by atoms with van der Waals surface area (Å²) in [6, 6.07) is 4.35. The SMILES string of the molecule is Cc1cc(C)c(C(CC(=O)O)N2CCCC2)c(C)c1. The molecule has 1 fully saturated rings. The lowest BCUT2D eigenvalue weighted by atomic mass is 9.91. The molecule has 3 nitrogen and oxygen atoms in total. The number of rotatable bonds is 4. The Morgan fingerprint density at radius 3 is 2.21 bits per heavy atom. The molecule has 1 aliphatic rings. The topological polar surface area (TPSA) is 40.5 Å². The number of hydrogen-bond acceptors (Lipinski definition) is 2. The Kier molecular flexibility index (Phi) is 4.25. The molecule has 1 unspecified atom stereocenters. The summed E-state index contributed by atoms with van der Waals surface area (Å²) in [6.07, 6.45) is 2.56. The van der Waals surface area contributed by atoms with Gasteiger partial charge in [0, 0.05) is 6.04 Å². The molecule has 1 aliphatic heterocycles. The van der Waals surface area contributed by atoms with E-state index in [1.807, 2.05) is 0 Å². The van der Waals surface area contributed by atoms with E-state index in [0.717, 1.165) is 13.1 Å². The Morgan fingerprint density at radius 2 is 1.74 bits per heavy atom. The van der Waals surface area contributed by atoms with Crippen LogP contribution in [-0.2, 0) is 4.79 Å². The molecule has 104 valence electrons. The van der Waals surface area contributed by atoms with Gasteiger partial charge in [-0.2, -0.15) is 0 Å². The fraction of sp³-hybridized carbons (Fsp3) is 0.562. The summed E-state index contributed by atoms with van der Waals surface area (Å²) in [5.41, 5.74) is 4.90. The first-order valence-corrected chi connectivity index (χ1v) is 7.02. The van der Waals surface area contributed by atoms with Gasteiger partial charge in [0.2, 0.25) is 0 Å². The first-order valence-electron chi connectivity index (χ1n) is 7.02. The first-order chi connectivity index (χ1) is 8.99. The van der Waals surface area contributed by atoms with Gasteiger partial charge in [-0.25, -0.2) is 0 Å². The lowest BCUT2D eigenvalue weighted by Crippen LogP contribution is -2.29.